The van der Waals surface area contributed by atoms with Crippen LogP contribution in [-0.4, -0.2) is 18.1 Å². The van der Waals surface area contributed by atoms with Crippen LogP contribution >= 0.6 is 27.5 Å². The summed E-state index contributed by atoms with van der Waals surface area (Å²) in [4.78, 5) is 5.86. The number of halogens is 2. The Morgan fingerprint density at radius 3 is 2.71 bits per heavy atom. The summed E-state index contributed by atoms with van der Waals surface area (Å²) in [5.41, 5.74) is 6.43. The van der Waals surface area contributed by atoms with E-state index in [1.807, 2.05) is 12.1 Å². The highest BCUT2D eigenvalue weighted by Crippen LogP contribution is 2.29. The van der Waals surface area contributed by atoms with Crippen molar-refractivity contribution in [2.75, 3.05) is 12.0 Å². The molecule has 3 N–H and O–H groups in total. The standard InChI is InChI=1S/C14H14BrClN4O/c1-21-11-5-2-4-10(16)9(11)8-20(14(17)18)13-7-3-6-12(15)19-13/h2-7H,8H2,1H3,(H3,17,18). The van der Waals surface area contributed by atoms with Crippen LogP contribution in [-0.2, 0) is 6.54 Å². The number of pyridine rings is 1. The average molecular weight is 370 g/mol. The molecule has 2 aromatic rings. The third-order valence-corrected chi connectivity index (χ3v) is 3.68. The first-order valence-electron chi connectivity index (χ1n) is 6.08. The van der Waals surface area contributed by atoms with Crippen molar-refractivity contribution in [2.45, 2.75) is 6.54 Å². The lowest BCUT2D eigenvalue weighted by Crippen LogP contribution is -2.36. The lowest BCUT2D eigenvalue weighted by Gasteiger charge is -2.23. The maximum Gasteiger partial charge on any atom is 0.194 e. The SMILES string of the molecule is COc1cccc(Cl)c1CN(C(=N)N)c1cccc(Br)n1. The van der Waals surface area contributed by atoms with E-state index in [1.54, 1.807) is 36.3 Å². The molecule has 21 heavy (non-hydrogen) atoms. The quantitative estimate of drug-likeness (QED) is 0.492. The van der Waals surface area contributed by atoms with Gasteiger partial charge < -0.3 is 10.5 Å². The van der Waals surface area contributed by atoms with Crippen LogP contribution in [0.25, 0.3) is 0 Å². The van der Waals surface area contributed by atoms with Gasteiger partial charge in [-0.15, -0.1) is 0 Å². The molecular formula is C14H14BrClN4O. The van der Waals surface area contributed by atoms with E-state index < -0.39 is 0 Å². The summed E-state index contributed by atoms with van der Waals surface area (Å²) in [6.07, 6.45) is 0. The second-order valence-corrected chi connectivity index (χ2v) is 5.43. The smallest absolute Gasteiger partial charge is 0.194 e. The molecule has 0 bridgehead atoms. The fraction of sp³-hybridized carbons (Fsp3) is 0.143. The van der Waals surface area contributed by atoms with Crippen molar-refractivity contribution in [3.63, 3.8) is 0 Å². The van der Waals surface area contributed by atoms with Crippen LogP contribution in [0, 0.1) is 5.41 Å². The normalized spacial score (nSPS) is 10.2. The summed E-state index contributed by atoms with van der Waals surface area (Å²) < 4.78 is 5.98. The van der Waals surface area contributed by atoms with Crippen LogP contribution in [0.5, 0.6) is 5.75 Å². The van der Waals surface area contributed by atoms with Crippen LogP contribution < -0.4 is 15.4 Å². The van der Waals surface area contributed by atoms with Crippen LogP contribution in [0.2, 0.25) is 5.02 Å². The van der Waals surface area contributed by atoms with Crippen molar-refractivity contribution < 1.29 is 4.74 Å². The van der Waals surface area contributed by atoms with E-state index in [0.717, 1.165) is 5.56 Å². The number of benzene rings is 1. The van der Waals surface area contributed by atoms with Crippen molar-refractivity contribution in [3.05, 3.63) is 51.6 Å². The van der Waals surface area contributed by atoms with Gasteiger partial charge in [0.15, 0.2) is 5.96 Å². The largest absolute Gasteiger partial charge is 0.496 e. The van der Waals surface area contributed by atoms with Gasteiger partial charge in [0.05, 0.1) is 13.7 Å². The van der Waals surface area contributed by atoms with E-state index >= 15 is 0 Å². The lowest BCUT2D eigenvalue weighted by atomic mass is 10.2. The molecule has 0 aliphatic heterocycles. The third kappa shape index (κ3) is 3.65. The zero-order valence-corrected chi connectivity index (χ0v) is 13.6. The molecule has 1 aromatic heterocycles. The van der Waals surface area contributed by atoms with Crippen LogP contribution in [0.15, 0.2) is 41.0 Å². The van der Waals surface area contributed by atoms with Crippen molar-refractivity contribution in [3.8, 4) is 5.75 Å². The number of guanidine groups is 1. The Balaban J connectivity index is 2.40. The molecule has 0 unspecified atom stereocenters. The summed E-state index contributed by atoms with van der Waals surface area (Å²) in [5.74, 6) is 1.07. The van der Waals surface area contributed by atoms with Gasteiger partial charge in [-0.05, 0) is 40.2 Å². The summed E-state index contributed by atoms with van der Waals surface area (Å²) in [5, 5.41) is 8.32. The predicted molar refractivity (Wildman–Crippen MR) is 88.0 cm³/mol. The number of rotatable bonds is 4. The summed E-state index contributed by atoms with van der Waals surface area (Å²) in [6, 6.07) is 10.8. The Bertz CT molecular complexity index is 665. The molecule has 0 fully saturated rings. The van der Waals surface area contributed by atoms with Crippen molar-refractivity contribution in [1.29, 1.82) is 5.41 Å². The van der Waals surface area contributed by atoms with Gasteiger partial charge in [0.1, 0.15) is 16.2 Å². The molecule has 0 amide bonds. The Labute approximate surface area is 136 Å². The topological polar surface area (TPSA) is 75.2 Å². The maximum absolute atomic E-state index is 7.77. The molecule has 7 heteroatoms. The van der Waals surface area contributed by atoms with E-state index in [4.69, 9.17) is 27.5 Å². The van der Waals surface area contributed by atoms with Crippen LogP contribution in [0.1, 0.15) is 5.56 Å². The molecule has 2 rings (SSSR count). The number of methoxy groups -OCH3 is 1. The highest BCUT2D eigenvalue weighted by molar-refractivity contribution is 9.10. The Hall–Kier alpha value is -1.79. The zero-order chi connectivity index (χ0) is 15.4. The number of aromatic nitrogens is 1. The van der Waals surface area contributed by atoms with Gasteiger partial charge in [-0.2, -0.15) is 0 Å². The molecular weight excluding hydrogens is 356 g/mol. The predicted octanol–water partition coefficient (Wildman–Crippen LogP) is 3.41. The van der Waals surface area contributed by atoms with Gasteiger partial charge in [-0.25, -0.2) is 4.98 Å². The van der Waals surface area contributed by atoms with E-state index in [1.165, 1.54) is 0 Å². The number of ether oxygens (including phenoxy) is 1. The molecule has 0 aliphatic carbocycles. The maximum atomic E-state index is 7.77. The fourth-order valence-corrected chi connectivity index (χ4v) is 2.44. The van der Waals surface area contributed by atoms with Gasteiger partial charge in [0.25, 0.3) is 0 Å². The number of nitrogens with two attached hydrogens (primary N) is 1. The molecule has 1 aromatic carbocycles. The number of hydrogen-bond donors (Lipinski definition) is 2. The number of hydrogen-bond acceptors (Lipinski definition) is 3. The zero-order valence-electron chi connectivity index (χ0n) is 11.3. The second kappa shape index (κ2) is 6.78. The molecule has 1 heterocycles. The average Bonchev–Trinajstić information content (AvgIpc) is 2.45. The summed E-state index contributed by atoms with van der Waals surface area (Å²) in [6.45, 7) is 0.293. The molecule has 0 atom stereocenters. The van der Waals surface area contributed by atoms with Crippen molar-refractivity contribution in [1.82, 2.24) is 4.98 Å². The van der Waals surface area contributed by atoms with Gasteiger partial charge >= 0.3 is 0 Å². The number of nitrogens with zero attached hydrogens (tertiary/aromatic N) is 2. The molecule has 0 spiro atoms. The first kappa shape index (κ1) is 15.6. The molecule has 0 saturated heterocycles. The van der Waals surface area contributed by atoms with E-state index in [0.29, 0.717) is 27.7 Å². The van der Waals surface area contributed by atoms with Crippen molar-refractivity contribution >= 4 is 39.3 Å². The summed E-state index contributed by atoms with van der Waals surface area (Å²) >= 11 is 9.54. The van der Waals surface area contributed by atoms with Crippen LogP contribution in [0.4, 0.5) is 5.82 Å². The minimum atomic E-state index is -0.123. The highest BCUT2D eigenvalue weighted by Gasteiger charge is 2.17. The first-order valence-corrected chi connectivity index (χ1v) is 7.25. The second-order valence-electron chi connectivity index (χ2n) is 4.21. The summed E-state index contributed by atoms with van der Waals surface area (Å²) in [7, 11) is 1.57. The highest BCUT2D eigenvalue weighted by atomic mass is 79.9. The minimum Gasteiger partial charge on any atom is -0.496 e. The van der Waals surface area contributed by atoms with E-state index in [9.17, 15) is 0 Å². The molecule has 0 aliphatic rings. The van der Waals surface area contributed by atoms with Crippen LogP contribution in [0.3, 0.4) is 0 Å². The van der Waals surface area contributed by atoms with Gasteiger partial charge in [-0.3, -0.25) is 10.3 Å². The number of anilines is 1. The lowest BCUT2D eigenvalue weighted by molar-refractivity contribution is 0.410. The van der Waals surface area contributed by atoms with Gasteiger partial charge in [0, 0.05) is 10.6 Å². The number of nitrogens with one attached hydrogen (secondary N) is 1. The molecule has 0 saturated carbocycles. The monoisotopic (exact) mass is 368 g/mol. The molecule has 0 radical (unpaired) electrons. The Kier molecular flexibility index (Phi) is 5.03. The Morgan fingerprint density at radius 1 is 1.38 bits per heavy atom. The van der Waals surface area contributed by atoms with Gasteiger partial charge in [0.2, 0.25) is 0 Å². The minimum absolute atomic E-state index is 0.123. The van der Waals surface area contributed by atoms with E-state index in [2.05, 4.69) is 20.9 Å². The van der Waals surface area contributed by atoms with E-state index in [-0.39, 0.29) is 5.96 Å². The molecule has 110 valence electrons. The third-order valence-electron chi connectivity index (χ3n) is 2.88. The first-order chi connectivity index (χ1) is 10.0. The van der Waals surface area contributed by atoms with Crippen molar-refractivity contribution in [2.24, 2.45) is 5.73 Å². The molecule has 5 nitrogen and oxygen atoms in total. The fourth-order valence-electron chi connectivity index (χ4n) is 1.88. The Morgan fingerprint density at radius 2 is 2.10 bits per heavy atom. The van der Waals surface area contributed by atoms with Gasteiger partial charge in [-0.1, -0.05) is 23.7 Å².